The Hall–Kier alpha value is -3.96. The van der Waals surface area contributed by atoms with Crippen molar-refractivity contribution >= 4 is 51.6 Å². The molecule has 1 aromatic heterocycles. The maximum Gasteiger partial charge on any atom is 0.340 e. The van der Waals surface area contributed by atoms with Gasteiger partial charge in [0.05, 0.1) is 28.6 Å². The second-order valence-electron chi connectivity index (χ2n) is 10.9. The molecule has 2 amide bonds. The lowest BCUT2D eigenvalue weighted by molar-refractivity contribution is 0.0526. The van der Waals surface area contributed by atoms with E-state index in [4.69, 9.17) is 16.3 Å². The van der Waals surface area contributed by atoms with Gasteiger partial charge in [-0.1, -0.05) is 74.7 Å². The average Bonchev–Trinajstić information content (AvgIpc) is 3.33. The first-order valence-corrected chi connectivity index (χ1v) is 17.1. The fourth-order valence-corrected chi connectivity index (χ4v) is 6.49. The standard InChI is InChI=1S/C33H39ClN4O6S/c1-5-8-18-37(19-9-6-2)32(40)30-29(34)22(4)38(35-30)28-17-15-25(21-27(28)33(41)44-7-3)31(39)36-45(42,43)26-16-14-23-12-10-11-13-24(23)20-26/h10-15,17,20-21,26H,5-9,16,18-19H2,1-4H3,(H,36,39). The summed E-state index contributed by atoms with van der Waals surface area (Å²) in [5.74, 6) is -1.95. The fourth-order valence-electron chi connectivity index (χ4n) is 5.09. The van der Waals surface area contributed by atoms with Crippen molar-refractivity contribution in [2.75, 3.05) is 19.7 Å². The summed E-state index contributed by atoms with van der Waals surface area (Å²) in [6, 6.07) is 11.5. The number of ether oxygens (including phenoxy) is 1. The number of hydrogen-bond donors (Lipinski definition) is 1. The zero-order chi connectivity index (χ0) is 32.7. The summed E-state index contributed by atoms with van der Waals surface area (Å²) in [4.78, 5) is 41.6. The molecular weight excluding hydrogens is 616 g/mol. The van der Waals surface area contributed by atoms with E-state index in [1.807, 2.05) is 30.3 Å². The van der Waals surface area contributed by atoms with Crippen LogP contribution in [0, 0.1) is 6.92 Å². The topological polar surface area (TPSA) is 128 Å². The van der Waals surface area contributed by atoms with E-state index in [0.29, 0.717) is 18.8 Å². The Labute approximate surface area is 268 Å². The summed E-state index contributed by atoms with van der Waals surface area (Å²) in [6.07, 6.45) is 7.17. The molecule has 1 aliphatic rings. The summed E-state index contributed by atoms with van der Waals surface area (Å²) in [6.45, 7) is 8.62. The van der Waals surface area contributed by atoms with E-state index in [9.17, 15) is 22.8 Å². The van der Waals surface area contributed by atoms with E-state index >= 15 is 0 Å². The third-order valence-electron chi connectivity index (χ3n) is 7.64. The van der Waals surface area contributed by atoms with Crippen molar-refractivity contribution < 1.29 is 27.5 Å². The van der Waals surface area contributed by atoms with Gasteiger partial charge in [-0.2, -0.15) is 5.10 Å². The minimum atomic E-state index is -4.10. The van der Waals surface area contributed by atoms with Gasteiger partial charge in [0.15, 0.2) is 5.69 Å². The summed E-state index contributed by atoms with van der Waals surface area (Å²) in [7, 11) is -4.10. The van der Waals surface area contributed by atoms with Gasteiger partial charge in [-0.25, -0.2) is 22.6 Å². The monoisotopic (exact) mass is 654 g/mol. The molecule has 10 nitrogen and oxygen atoms in total. The molecule has 1 unspecified atom stereocenters. The number of nitrogens with one attached hydrogen (secondary N) is 1. The molecule has 0 saturated carbocycles. The van der Waals surface area contributed by atoms with E-state index in [1.165, 1.54) is 22.9 Å². The number of fused-ring (bicyclic) bond motifs is 1. The van der Waals surface area contributed by atoms with Crippen LogP contribution in [0.15, 0.2) is 42.5 Å². The molecule has 0 fully saturated rings. The molecule has 1 heterocycles. The number of unbranched alkanes of at least 4 members (excludes halogenated alkanes) is 2. The first-order valence-electron chi connectivity index (χ1n) is 15.2. The molecule has 1 aliphatic carbocycles. The first-order chi connectivity index (χ1) is 21.5. The van der Waals surface area contributed by atoms with E-state index < -0.39 is 27.1 Å². The second-order valence-corrected chi connectivity index (χ2v) is 13.1. The molecule has 4 rings (SSSR count). The zero-order valence-corrected chi connectivity index (χ0v) is 27.6. The van der Waals surface area contributed by atoms with Gasteiger partial charge in [-0.05, 0) is 61.7 Å². The summed E-state index contributed by atoms with van der Waals surface area (Å²) < 4.78 is 35.2. The van der Waals surface area contributed by atoms with Crippen LogP contribution in [0.4, 0.5) is 0 Å². The van der Waals surface area contributed by atoms with Gasteiger partial charge in [0, 0.05) is 18.7 Å². The molecular formula is C33H39ClN4O6S. The molecule has 0 spiro atoms. The number of halogens is 1. The van der Waals surface area contributed by atoms with Crippen LogP contribution >= 0.6 is 11.6 Å². The molecule has 2 aromatic carbocycles. The van der Waals surface area contributed by atoms with Crippen LogP contribution in [0.3, 0.4) is 0 Å². The van der Waals surface area contributed by atoms with E-state index in [2.05, 4.69) is 23.7 Å². The number of nitrogens with zero attached hydrogens (tertiary/aromatic N) is 3. The minimum Gasteiger partial charge on any atom is -0.462 e. The van der Waals surface area contributed by atoms with Crippen molar-refractivity contribution in [2.24, 2.45) is 0 Å². The van der Waals surface area contributed by atoms with Gasteiger partial charge in [0.2, 0.25) is 10.0 Å². The number of carbonyl (C=O) groups is 3. The highest BCUT2D eigenvalue weighted by Gasteiger charge is 2.29. The first kappa shape index (κ1) is 33.9. The Bertz CT molecular complexity index is 1810. The number of sulfonamides is 1. The Balaban J connectivity index is 1.67. The molecule has 240 valence electrons. The lowest BCUT2D eigenvalue weighted by Crippen LogP contribution is -2.41. The number of carbonyl (C=O) groups excluding carboxylic acids is 3. The molecule has 0 bridgehead atoms. The largest absolute Gasteiger partial charge is 0.462 e. The molecule has 1 atom stereocenters. The van der Waals surface area contributed by atoms with Gasteiger partial charge in [0.1, 0.15) is 5.25 Å². The second kappa shape index (κ2) is 14.9. The van der Waals surface area contributed by atoms with Crippen molar-refractivity contribution in [1.29, 1.82) is 0 Å². The fraction of sp³-hybridized carbons (Fsp3) is 0.394. The normalized spacial score (nSPS) is 14.1. The third kappa shape index (κ3) is 7.65. The third-order valence-corrected chi connectivity index (χ3v) is 9.69. The number of amides is 2. The highest BCUT2D eigenvalue weighted by Crippen LogP contribution is 2.27. The van der Waals surface area contributed by atoms with Crippen LogP contribution in [-0.2, 0) is 14.8 Å². The molecule has 0 saturated heterocycles. The van der Waals surface area contributed by atoms with Crippen LogP contribution in [0.25, 0.3) is 17.8 Å². The van der Waals surface area contributed by atoms with E-state index in [-0.39, 0.29) is 46.5 Å². The van der Waals surface area contributed by atoms with Crippen LogP contribution < -0.4 is 15.2 Å². The maximum absolute atomic E-state index is 13.5. The highest BCUT2D eigenvalue weighted by atomic mass is 35.5. The number of rotatable bonds is 13. The number of hydrogen-bond acceptors (Lipinski definition) is 7. The SMILES string of the molecule is CCCCN(CCCC)C(=O)c1nn(-c2ccc(C(=O)NS(=O)(=O)C3C=c4ccccc4=CC3)cc2C(=O)OCC)c(C)c1Cl. The van der Waals surface area contributed by atoms with Crippen molar-refractivity contribution in [3.05, 3.63) is 80.4 Å². The van der Waals surface area contributed by atoms with Crippen molar-refractivity contribution in [3.8, 4) is 5.69 Å². The van der Waals surface area contributed by atoms with Crippen molar-refractivity contribution in [2.45, 2.75) is 65.0 Å². The van der Waals surface area contributed by atoms with Gasteiger partial charge >= 0.3 is 5.97 Å². The van der Waals surface area contributed by atoms with Crippen LogP contribution in [-0.4, -0.2) is 65.8 Å². The van der Waals surface area contributed by atoms with Gasteiger partial charge in [0.25, 0.3) is 11.8 Å². The predicted molar refractivity (Wildman–Crippen MR) is 174 cm³/mol. The Kier molecular flexibility index (Phi) is 11.2. The molecule has 1 N–H and O–H groups in total. The van der Waals surface area contributed by atoms with Crippen LogP contribution in [0.2, 0.25) is 5.02 Å². The van der Waals surface area contributed by atoms with Crippen molar-refractivity contribution in [1.82, 2.24) is 19.4 Å². The highest BCUT2D eigenvalue weighted by molar-refractivity contribution is 7.91. The summed E-state index contributed by atoms with van der Waals surface area (Å²) in [5, 5.41) is 5.42. The molecule has 45 heavy (non-hydrogen) atoms. The van der Waals surface area contributed by atoms with Crippen LogP contribution in [0.5, 0.6) is 0 Å². The Morgan fingerprint density at radius 3 is 2.36 bits per heavy atom. The average molecular weight is 655 g/mol. The van der Waals surface area contributed by atoms with Crippen LogP contribution in [0.1, 0.15) is 89.8 Å². The molecule has 0 aliphatic heterocycles. The quantitative estimate of drug-likeness (QED) is 0.274. The van der Waals surface area contributed by atoms with E-state index in [0.717, 1.165) is 36.1 Å². The number of esters is 1. The summed E-state index contributed by atoms with van der Waals surface area (Å²) in [5.41, 5.74) is 0.602. The molecule has 12 heteroatoms. The Morgan fingerprint density at radius 1 is 1.04 bits per heavy atom. The number of benzene rings is 2. The molecule has 0 radical (unpaired) electrons. The maximum atomic E-state index is 13.5. The predicted octanol–water partition coefficient (Wildman–Crippen LogP) is 4.15. The smallest absolute Gasteiger partial charge is 0.340 e. The summed E-state index contributed by atoms with van der Waals surface area (Å²) >= 11 is 6.64. The van der Waals surface area contributed by atoms with Gasteiger partial charge in [-0.3, -0.25) is 9.59 Å². The Morgan fingerprint density at radius 2 is 1.71 bits per heavy atom. The number of aromatic nitrogens is 2. The lowest BCUT2D eigenvalue weighted by atomic mass is 10.1. The van der Waals surface area contributed by atoms with Gasteiger partial charge in [-0.15, -0.1) is 0 Å². The lowest BCUT2D eigenvalue weighted by Gasteiger charge is -2.21. The van der Waals surface area contributed by atoms with Gasteiger partial charge < -0.3 is 9.64 Å². The molecule has 3 aromatic rings. The minimum absolute atomic E-state index is 0.0384. The zero-order valence-electron chi connectivity index (χ0n) is 26.0. The van der Waals surface area contributed by atoms with E-state index in [1.54, 1.807) is 24.8 Å². The van der Waals surface area contributed by atoms with Crippen molar-refractivity contribution in [3.63, 3.8) is 0 Å².